The molecule has 0 saturated heterocycles. The molecule has 1 N–H and O–H groups in total. The fourth-order valence-electron chi connectivity index (χ4n) is 1.28. The van der Waals surface area contributed by atoms with Crippen LogP contribution in [0, 0.1) is 6.92 Å². The lowest BCUT2D eigenvalue weighted by molar-refractivity contribution is -0.136. The van der Waals surface area contributed by atoms with Crippen LogP contribution in [0.5, 0.6) is 0 Å². The number of carboxylic acid groups (broad SMARTS) is 1. The molecule has 0 spiro atoms. The molecule has 0 radical (unpaired) electrons. The Labute approximate surface area is 90.3 Å². The molecule has 0 fully saturated rings. The van der Waals surface area contributed by atoms with Crippen molar-refractivity contribution in [3.8, 4) is 0 Å². The second kappa shape index (κ2) is 3.51. The maximum absolute atomic E-state index is 10.5. The van der Waals surface area contributed by atoms with Gasteiger partial charge in [0.2, 0.25) is 0 Å². The molecule has 0 atom stereocenters. The van der Waals surface area contributed by atoms with Gasteiger partial charge >= 0.3 is 5.97 Å². The average Bonchev–Trinajstić information content (AvgIpc) is 2.46. The number of imidazole rings is 1. The first-order chi connectivity index (χ1) is 7.06. The van der Waals surface area contributed by atoms with Crippen LogP contribution in [0.4, 0.5) is 0 Å². The molecule has 0 aliphatic heterocycles. The van der Waals surface area contributed by atoms with E-state index in [2.05, 4.69) is 10.1 Å². The standard InChI is InChI=1S/C9H8ClN3O2/c1-5-2-7-11-6(3-8(14)15)4-13(7)12-9(5)10/h2,4H,3H2,1H3,(H,14,15). The van der Waals surface area contributed by atoms with E-state index in [9.17, 15) is 4.79 Å². The topological polar surface area (TPSA) is 67.5 Å². The summed E-state index contributed by atoms with van der Waals surface area (Å²) in [6.45, 7) is 1.82. The van der Waals surface area contributed by atoms with Gasteiger partial charge in [0.25, 0.3) is 0 Å². The zero-order valence-electron chi connectivity index (χ0n) is 7.94. The van der Waals surface area contributed by atoms with E-state index in [1.165, 1.54) is 4.52 Å². The van der Waals surface area contributed by atoms with Crippen LogP contribution in [-0.4, -0.2) is 25.7 Å². The fraction of sp³-hybridized carbons (Fsp3) is 0.222. The van der Waals surface area contributed by atoms with Gasteiger partial charge in [0.15, 0.2) is 10.8 Å². The molecule has 6 heteroatoms. The number of carbonyl (C=O) groups is 1. The highest BCUT2D eigenvalue weighted by Crippen LogP contribution is 2.14. The van der Waals surface area contributed by atoms with Gasteiger partial charge in [-0.2, -0.15) is 5.10 Å². The highest BCUT2D eigenvalue weighted by molar-refractivity contribution is 6.30. The van der Waals surface area contributed by atoms with Crippen LogP contribution >= 0.6 is 11.6 Å². The highest BCUT2D eigenvalue weighted by Gasteiger charge is 2.08. The van der Waals surface area contributed by atoms with Gasteiger partial charge in [0.05, 0.1) is 18.3 Å². The second-order valence-corrected chi connectivity index (χ2v) is 3.58. The van der Waals surface area contributed by atoms with Crippen molar-refractivity contribution in [2.75, 3.05) is 0 Å². The molecule has 0 unspecified atom stereocenters. The zero-order chi connectivity index (χ0) is 11.0. The minimum absolute atomic E-state index is 0.111. The predicted molar refractivity (Wildman–Crippen MR) is 54.1 cm³/mol. The smallest absolute Gasteiger partial charge is 0.309 e. The number of aliphatic carboxylic acids is 1. The summed E-state index contributed by atoms with van der Waals surface area (Å²) < 4.78 is 1.48. The summed E-state index contributed by atoms with van der Waals surface area (Å²) in [4.78, 5) is 14.6. The van der Waals surface area contributed by atoms with Crippen molar-refractivity contribution in [1.29, 1.82) is 0 Å². The third-order valence-electron chi connectivity index (χ3n) is 1.96. The normalized spacial score (nSPS) is 10.8. The number of nitrogens with zero attached hydrogens (tertiary/aromatic N) is 3. The van der Waals surface area contributed by atoms with Crippen molar-refractivity contribution in [3.63, 3.8) is 0 Å². The van der Waals surface area contributed by atoms with Crippen molar-refractivity contribution in [2.45, 2.75) is 13.3 Å². The van der Waals surface area contributed by atoms with Gasteiger partial charge in [0.1, 0.15) is 0 Å². The van der Waals surface area contributed by atoms with Gasteiger partial charge < -0.3 is 5.11 Å². The van der Waals surface area contributed by atoms with Gasteiger partial charge in [-0.3, -0.25) is 4.79 Å². The Hall–Kier alpha value is -1.62. The summed E-state index contributed by atoms with van der Waals surface area (Å²) in [5.74, 6) is -0.916. The summed E-state index contributed by atoms with van der Waals surface area (Å²) >= 11 is 5.83. The van der Waals surface area contributed by atoms with E-state index in [1.54, 1.807) is 12.3 Å². The van der Waals surface area contributed by atoms with E-state index in [0.29, 0.717) is 16.5 Å². The molecule has 0 aliphatic rings. The molecule has 0 aromatic carbocycles. The molecular formula is C9H8ClN3O2. The summed E-state index contributed by atoms with van der Waals surface area (Å²) in [6.07, 6.45) is 1.45. The highest BCUT2D eigenvalue weighted by atomic mass is 35.5. The Morgan fingerprint density at radius 3 is 3.07 bits per heavy atom. The van der Waals surface area contributed by atoms with Crippen LogP contribution in [0.25, 0.3) is 5.65 Å². The molecule has 2 aromatic heterocycles. The van der Waals surface area contributed by atoms with Crippen molar-refractivity contribution in [1.82, 2.24) is 14.6 Å². The first-order valence-electron chi connectivity index (χ1n) is 4.29. The zero-order valence-corrected chi connectivity index (χ0v) is 8.69. The van der Waals surface area contributed by atoms with Crippen LogP contribution < -0.4 is 0 Å². The maximum atomic E-state index is 10.5. The molecular weight excluding hydrogens is 218 g/mol. The number of halogens is 1. The number of fused-ring (bicyclic) bond motifs is 1. The minimum atomic E-state index is -0.916. The molecule has 15 heavy (non-hydrogen) atoms. The Morgan fingerprint density at radius 1 is 1.67 bits per heavy atom. The fourth-order valence-corrected chi connectivity index (χ4v) is 1.42. The number of hydrogen-bond acceptors (Lipinski definition) is 3. The van der Waals surface area contributed by atoms with Crippen LogP contribution in [0.1, 0.15) is 11.3 Å². The lowest BCUT2D eigenvalue weighted by atomic mass is 10.3. The lowest BCUT2D eigenvalue weighted by Crippen LogP contribution is -1.99. The molecule has 2 heterocycles. The summed E-state index contributed by atoms with van der Waals surface area (Å²) in [5.41, 5.74) is 1.89. The Bertz CT molecular complexity index is 496. The van der Waals surface area contributed by atoms with Crippen LogP contribution in [-0.2, 0) is 11.2 Å². The van der Waals surface area contributed by atoms with Gasteiger partial charge in [-0.1, -0.05) is 11.6 Å². The monoisotopic (exact) mass is 225 g/mol. The Morgan fingerprint density at radius 2 is 2.40 bits per heavy atom. The van der Waals surface area contributed by atoms with E-state index in [1.807, 2.05) is 6.92 Å². The first kappa shape index (κ1) is 9.92. The number of hydrogen-bond donors (Lipinski definition) is 1. The summed E-state index contributed by atoms with van der Waals surface area (Å²) in [6, 6.07) is 1.76. The number of carboxylic acids is 1. The summed E-state index contributed by atoms with van der Waals surface area (Å²) in [7, 11) is 0. The molecule has 0 saturated carbocycles. The number of rotatable bonds is 2. The van der Waals surface area contributed by atoms with Gasteiger partial charge in [-0.25, -0.2) is 9.50 Å². The predicted octanol–water partition coefficient (Wildman–Crippen LogP) is 1.32. The Kier molecular flexibility index (Phi) is 2.32. The van der Waals surface area contributed by atoms with E-state index < -0.39 is 5.97 Å². The molecule has 0 aliphatic carbocycles. The van der Waals surface area contributed by atoms with Gasteiger partial charge in [-0.15, -0.1) is 0 Å². The average molecular weight is 226 g/mol. The van der Waals surface area contributed by atoms with Crippen LogP contribution in [0.3, 0.4) is 0 Å². The minimum Gasteiger partial charge on any atom is -0.481 e. The van der Waals surface area contributed by atoms with Crippen molar-refractivity contribution < 1.29 is 9.90 Å². The third-order valence-corrected chi connectivity index (χ3v) is 2.34. The van der Waals surface area contributed by atoms with Crippen molar-refractivity contribution in [3.05, 3.63) is 28.7 Å². The summed E-state index contributed by atoms with van der Waals surface area (Å²) in [5, 5.41) is 13.0. The van der Waals surface area contributed by atoms with E-state index in [4.69, 9.17) is 16.7 Å². The molecule has 2 rings (SSSR count). The SMILES string of the molecule is Cc1cc2nc(CC(=O)O)cn2nc1Cl. The van der Waals surface area contributed by atoms with Gasteiger partial charge in [0, 0.05) is 0 Å². The molecule has 0 amide bonds. The first-order valence-corrected chi connectivity index (χ1v) is 4.67. The quantitative estimate of drug-likeness (QED) is 0.837. The number of aryl methyl sites for hydroxylation is 1. The van der Waals surface area contributed by atoms with Crippen LogP contribution in [0.15, 0.2) is 12.3 Å². The second-order valence-electron chi connectivity index (χ2n) is 3.22. The van der Waals surface area contributed by atoms with Crippen molar-refractivity contribution >= 4 is 23.2 Å². The third kappa shape index (κ3) is 1.92. The van der Waals surface area contributed by atoms with Crippen LogP contribution in [0.2, 0.25) is 5.15 Å². The van der Waals surface area contributed by atoms with E-state index >= 15 is 0 Å². The van der Waals surface area contributed by atoms with E-state index in [0.717, 1.165) is 5.56 Å². The Balaban J connectivity index is 2.51. The lowest BCUT2D eigenvalue weighted by Gasteiger charge is -1.96. The van der Waals surface area contributed by atoms with Gasteiger partial charge in [-0.05, 0) is 18.6 Å². The largest absolute Gasteiger partial charge is 0.481 e. The van der Waals surface area contributed by atoms with Crippen molar-refractivity contribution in [2.24, 2.45) is 0 Å². The molecule has 2 aromatic rings. The molecule has 78 valence electrons. The maximum Gasteiger partial charge on any atom is 0.309 e. The molecule has 5 nitrogen and oxygen atoms in total. The van der Waals surface area contributed by atoms with E-state index in [-0.39, 0.29) is 6.42 Å². The molecule has 0 bridgehead atoms. The number of aromatic nitrogens is 3.